The van der Waals surface area contributed by atoms with Crippen LogP contribution in [0.2, 0.25) is 0 Å². The molecule has 3 heteroatoms. The Bertz CT molecular complexity index is 127. The maximum absolute atomic E-state index is 3.90. The van der Waals surface area contributed by atoms with Gasteiger partial charge in [-0.3, -0.25) is 5.10 Å². The molecule has 11 heavy (non-hydrogen) atoms. The number of aromatic nitrogens is 2. The van der Waals surface area contributed by atoms with E-state index in [0.29, 0.717) is 0 Å². The van der Waals surface area contributed by atoms with E-state index in [0.717, 1.165) is 6.54 Å². The van der Waals surface area contributed by atoms with E-state index < -0.39 is 0 Å². The fraction of sp³-hybridized carbons (Fsp3) is 0.500. The number of hydrogen-bond donors (Lipinski definition) is 0. The van der Waals surface area contributed by atoms with Crippen LogP contribution < -0.4 is 0 Å². The van der Waals surface area contributed by atoms with Crippen LogP contribution in [0.4, 0.5) is 0 Å². The van der Waals surface area contributed by atoms with E-state index in [1.54, 1.807) is 16.9 Å². The van der Waals surface area contributed by atoms with Crippen LogP contribution in [0.15, 0.2) is 12.3 Å². The summed E-state index contributed by atoms with van der Waals surface area (Å²) >= 11 is 0. The van der Waals surface area contributed by atoms with Gasteiger partial charge >= 0.3 is 0 Å². The zero-order valence-corrected chi connectivity index (χ0v) is 10.7. The SMILES string of the molecule is CC.CCn1[c-]ccn1.[CH3-].[Y]. The van der Waals surface area contributed by atoms with Gasteiger partial charge in [0, 0.05) is 39.3 Å². The standard InChI is InChI=1S/C5H7N2.C2H6.CH3.Y/c1-2-7-5-3-4-6-7;1-2;;/h3-4H,2H2,1H3;1-2H3;1H3;/q-1;;-1;. The first-order valence-electron chi connectivity index (χ1n) is 3.33. The van der Waals surface area contributed by atoms with E-state index in [2.05, 4.69) is 11.3 Å². The summed E-state index contributed by atoms with van der Waals surface area (Å²) in [6, 6.07) is 1.80. The van der Waals surface area contributed by atoms with Crippen LogP contribution in [0.5, 0.6) is 0 Å². The van der Waals surface area contributed by atoms with Crippen molar-refractivity contribution in [3.8, 4) is 0 Å². The first-order valence-corrected chi connectivity index (χ1v) is 3.33. The Morgan fingerprint density at radius 2 is 2.00 bits per heavy atom. The molecule has 1 rings (SSSR count). The van der Waals surface area contributed by atoms with Crippen LogP contribution in [0.1, 0.15) is 20.8 Å². The summed E-state index contributed by atoms with van der Waals surface area (Å²) in [5.74, 6) is 0. The molecule has 0 aliphatic heterocycles. The number of rotatable bonds is 1. The Morgan fingerprint density at radius 3 is 2.18 bits per heavy atom. The van der Waals surface area contributed by atoms with Crippen molar-refractivity contribution in [3.05, 3.63) is 25.9 Å². The first-order chi connectivity index (χ1) is 4.43. The third-order valence-corrected chi connectivity index (χ3v) is 0.804. The Balaban J connectivity index is -0.000000149. The summed E-state index contributed by atoms with van der Waals surface area (Å²) in [7, 11) is 0. The molecule has 0 N–H and O–H groups in total. The predicted molar refractivity (Wildman–Crippen MR) is 44.5 cm³/mol. The van der Waals surface area contributed by atoms with Gasteiger partial charge in [-0.1, -0.05) is 13.8 Å². The molecule has 0 saturated heterocycles. The third kappa shape index (κ3) is 8.22. The Morgan fingerprint density at radius 1 is 1.45 bits per heavy atom. The molecule has 0 fully saturated rings. The Kier molecular flexibility index (Phi) is 20.5. The molecule has 0 aliphatic carbocycles. The van der Waals surface area contributed by atoms with Crippen molar-refractivity contribution >= 4 is 0 Å². The van der Waals surface area contributed by atoms with Gasteiger partial charge in [0.1, 0.15) is 0 Å². The van der Waals surface area contributed by atoms with E-state index in [-0.39, 0.29) is 40.1 Å². The van der Waals surface area contributed by atoms with Crippen molar-refractivity contribution in [1.82, 2.24) is 9.78 Å². The van der Waals surface area contributed by atoms with Gasteiger partial charge in [0.2, 0.25) is 0 Å². The molecule has 0 atom stereocenters. The predicted octanol–water partition coefficient (Wildman–Crippen LogP) is 2.18. The van der Waals surface area contributed by atoms with E-state index >= 15 is 0 Å². The normalized spacial score (nSPS) is 6.45. The Hall–Kier alpha value is 0.314. The number of nitrogens with zero attached hydrogens (tertiary/aromatic N) is 2. The van der Waals surface area contributed by atoms with Crippen LogP contribution in [-0.2, 0) is 39.3 Å². The summed E-state index contributed by atoms with van der Waals surface area (Å²) in [6.07, 6.45) is 4.62. The summed E-state index contributed by atoms with van der Waals surface area (Å²) in [4.78, 5) is 0. The number of aryl methyl sites for hydroxylation is 1. The molecule has 2 nitrogen and oxygen atoms in total. The minimum atomic E-state index is 0. The van der Waals surface area contributed by atoms with Gasteiger partial charge in [-0.05, 0) is 6.92 Å². The molecule has 0 spiro atoms. The molecule has 1 radical (unpaired) electrons. The van der Waals surface area contributed by atoms with Gasteiger partial charge in [-0.2, -0.15) is 6.07 Å². The molecule has 1 aromatic rings. The molecule has 0 aromatic carbocycles. The quantitative estimate of drug-likeness (QED) is 0.675. The van der Waals surface area contributed by atoms with Crippen molar-refractivity contribution in [2.75, 3.05) is 0 Å². The van der Waals surface area contributed by atoms with E-state index in [1.807, 2.05) is 20.8 Å². The minimum absolute atomic E-state index is 0. The molecule has 0 aliphatic rings. The molecule has 63 valence electrons. The fourth-order valence-corrected chi connectivity index (χ4v) is 0.439. The summed E-state index contributed by atoms with van der Waals surface area (Å²) in [5, 5.41) is 3.90. The summed E-state index contributed by atoms with van der Waals surface area (Å²) < 4.78 is 1.75. The summed E-state index contributed by atoms with van der Waals surface area (Å²) in [6.45, 7) is 6.94. The maximum atomic E-state index is 3.90. The monoisotopic (exact) mass is 229 g/mol. The second-order valence-corrected chi connectivity index (χ2v) is 1.28. The van der Waals surface area contributed by atoms with Crippen molar-refractivity contribution in [3.63, 3.8) is 0 Å². The molecule has 0 amide bonds. The summed E-state index contributed by atoms with van der Waals surface area (Å²) in [5.41, 5.74) is 0. The van der Waals surface area contributed by atoms with Gasteiger partial charge in [-0.25, -0.2) is 0 Å². The molecule has 1 heterocycles. The van der Waals surface area contributed by atoms with E-state index in [4.69, 9.17) is 0 Å². The maximum Gasteiger partial charge on any atom is 0.0162 e. The van der Waals surface area contributed by atoms with Crippen LogP contribution in [0, 0.1) is 13.6 Å². The topological polar surface area (TPSA) is 17.8 Å². The molecule has 0 bridgehead atoms. The van der Waals surface area contributed by atoms with Crippen LogP contribution in [-0.4, -0.2) is 9.78 Å². The van der Waals surface area contributed by atoms with Gasteiger partial charge in [0.15, 0.2) is 0 Å². The average molecular weight is 229 g/mol. The van der Waals surface area contributed by atoms with Crippen LogP contribution in [0.3, 0.4) is 0 Å². The smallest absolute Gasteiger partial charge is 0.0162 e. The van der Waals surface area contributed by atoms with Gasteiger partial charge in [0.25, 0.3) is 0 Å². The average Bonchev–Trinajstić information content (AvgIpc) is 2.43. The van der Waals surface area contributed by atoms with Crippen molar-refractivity contribution in [2.24, 2.45) is 0 Å². The molecular formula is C8H16N2Y-2. The van der Waals surface area contributed by atoms with E-state index in [1.165, 1.54) is 0 Å². The zero-order valence-electron chi connectivity index (χ0n) is 7.83. The van der Waals surface area contributed by atoms with Gasteiger partial charge < -0.3 is 12.1 Å². The molecule has 0 unspecified atom stereocenters. The van der Waals surface area contributed by atoms with Crippen LogP contribution in [0.25, 0.3) is 0 Å². The van der Waals surface area contributed by atoms with Crippen LogP contribution >= 0.6 is 0 Å². The molecule has 0 saturated carbocycles. The number of hydrogen-bond acceptors (Lipinski definition) is 1. The van der Waals surface area contributed by atoms with Gasteiger partial charge in [-0.15, -0.1) is 12.4 Å². The van der Waals surface area contributed by atoms with Crippen molar-refractivity contribution in [1.29, 1.82) is 0 Å². The largest absolute Gasteiger partial charge is 0.377 e. The molecule has 1 aromatic heterocycles. The second kappa shape index (κ2) is 12.9. The Labute approximate surface area is 95.3 Å². The second-order valence-electron chi connectivity index (χ2n) is 1.28. The molecular weight excluding hydrogens is 213 g/mol. The minimum Gasteiger partial charge on any atom is -0.377 e. The third-order valence-electron chi connectivity index (χ3n) is 0.804. The fourth-order valence-electron chi connectivity index (χ4n) is 0.439. The van der Waals surface area contributed by atoms with Gasteiger partial charge in [0.05, 0.1) is 0 Å². The van der Waals surface area contributed by atoms with Crippen molar-refractivity contribution in [2.45, 2.75) is 27.3 Å². The first kappa shape index (κ1) is 17.4. The zero-order chi connectivity index (χ0) is 7.11. The van der Waals surface area contributed by atoms with E-state index in [9.17, 15) is 0 Å². The van der Waals surface area contributed by atoms with Crippen molar-refractivity contribution < 1.29 is 32.7 Å².